The van der Waals surface area contributed by atoms with Crippen molar-refractivity contribution < 1.29 is 4.74 Å². The summed E-state index contributed by atoms with van der Waals surface area (Å²) in [7, 11) is 0. The molecule has 1 saturated heterocycles. The first-order valence-electron chi connectivity index (χ1n) is 9.07. The first-order chi connectivity index (χ1) is 12.3. The monoisotopic (exact) mass is 357 g/mol. The minimum Gasteiger partial charge on any atom is -0.379 e. The Labute approximate surface area is 155 Å². The maximum absolute atomic E-state index is 5.63. The van der Waals surface area contributed by atoms with Crippen molar-refractivity contribution in [3.05, 3.63) is 48.0 Å². The van der Waals surface area contributed by atoms with Crippen molar-refractivity contribution in [3.63, 3.8) is 0 Å². The lowest BCUT2D eigenvalue weighted by atomic mass is 10.0. The zero-order valence-corrected chi connectivity index (χ0v) is 15.7. The third-order valence-electron chi connectivity index (χ3n) is 4.65. The minimum absolute atomic E-state index is 0.831. The molecule has 134 valence electrons. The van der Waals surface area contributed by atoms with Crippen LogP contribution in [0.3, 0.4) is 0 Å². The number of benzene rings is 2. The quantitative estimate of drug-likeness (QED) is 0.803. The van der Waals surface area contributed by atoms with Crippen LogP contribution in [0, 0.1) is 0 Å². The van der Waals surface area contributed by atoms with Gasteiger partial charge in [-0.2, -0.15) is 0 Å². The number of fused-ring (bicyclic) bond motifs is 1. The molecule has 1 aliphatic rings. The van der Waals surface area contributed by atoms with Crippen LogP contribution in [0.5, 0.6) is 0 Å². The third kappa shape index (κ3) is 4.91. The Balaban J connectivity index is 1.73. The van der Waals surface area contributed by atoms with Crippen LogP contribution in [0.1, 0.15) is 12.5 Å². The Morgan fingerprint density at radius 3 is 2.72 bits per heavy atom. The zero-order chi connectivity index (χ0) is 17.5. The van der Waals surface area contributed by atoms with E-state index in [0.717, 1.165) is 57.6 Å². The smallest absolute Gasteiger partial charge is 0.169 e. The van der Waals surface area contributed by atoms with Gasteiger partial charge in [-0.1, -0.05) is 42.5 Å². The molecule has 0 bridgehead atoms. The van der Waals surface area contributed by atoms with Gasteiger partial charge in [0.15, 0.2) is 5.11 Å². The van der Waals surface area contributed by atoms with Gasteiger partial charge in [-0.15, -0.1) is 0 Å². The molecule has 2 aromatic carbocycles. The number of rotatable bonds is 6. The molecule has 0 unspecified atom stereocenters. The molecule has 4 nitrogen and oxygen atoms in total. The maximum atomic E-state index is 5.63. The van der Waals surface area contributed by atoms with Gasteiger partial charge in [-0.25, -0.2) is 0 Å². The van der Waals surface area contributed by atoms with Crippen LogP contribution in [-0.2, 0) is 11.3 Å². The van der Waals surface area contributed by atoms with Crippen LogP contribution >= 0.6 is 12.2 Å². The molecule has 0 saturated carbocycles. The fourth-order valence-electron chi connectivity index (χ4n) is 3.24. The zero-order valence-electron chi connectivity index (χ0n) is 14.9. The topological polar surface area (TPSA) is 27.7 Å². The molecule has 0 radical (unpaired) electrons. The highest BCUT2D eigenvalue weighted by atomic mass is 32.1. The van der Waals surface area contributed by atoms with Gasteiger partial charge in [0.05, 0.1) is 13.2 Å². The Morgan fingerprint density at radius 1 is 1.16 bits per heavy atom. The lowest BCUT2D eigenvalue weighted by Crippen LogP contribution is -2.45. The van der Waals surface area contributed by atoms with E-state index < -0.39 is 0 Å². The first-order valence-corrected chi connectivity index (χ1v) is 9.48. The normalized spacial score (nSPS) is 15.2. The number of ether oxygens (including phenoxy) is 1. The summed E-state index contributed by atoms with van der Waals surface area (Å²) in [5.41, 5.74) is 1.32. The highest BCUT2D eigenvalue weighted by Crippen LogP contribution is 2.20. The lowest BCUT2D eigenvalue weighted by Gasteiger charge is -2.31. The molecule has 2 aromatic rings. The van der Waals surface area contributed by atoms with Crippen molar-refractivity contribution in [2.75, 3.05) is 45.9 Å². The molecule has 5 heteroatoms. The second-order valence-corrected chi connectivity index (χ2v) is 6.74. The fourth-order valence-corrected chi connectivity index (χ4v) is 3.54. The van der Waals surface area contributed by atoms with Gasteiger partial charge >= 0.3 is 0 Å². The van der Waals surface area contributed by atoms with Crippen LogP contribution < -0.4 is 5.32 Å². The molecule has 0 spiro atoms. The lowest BCUT2D eigenvalue weighted by molar-refractivity contribution is 0.0357. The van der Waals surface area contributed by atoms with E-state index >= 15 is 0 Å². The Morgan fingerprint density at radius 2 is 1.92 bits per heavy atom. The summed E-state index contributed by atoms with van der Waals surface area (Å²) >= 11 is 5.63. The van der Waals surface area contributed by atoms with Gasteiger partial charge in [0, 0.05) is 39.3 Å². The van der Waals surface area contributed by atoms with E-state index in [-0.39, 0.29) is 0 Å². The molecule has 0 aromatic heterocycles. The van der Waals surface area contributed by atoms with Crippen LogP contribution in [0.25, 0.3) is 10.8 Å². The highest BCUT2D eigenvalue weighted by Gasteiger charge is 2.15. The van der Waals surface area contributed by atoms with Gasteiger partial charge in [0.2, 0.25) is 0 Å². The summed E-state index contributed by atoms with van der Waals surface area (Å²) in [6, 6.07) is 15.1. The molecule has 25 heavy (non-hydrogen) atoms. The molecular weight excluding hydrogens is 330 g/mol. The molecule has 1 fully saturated rings. The van der Waals surface area contributed by atoms with Gasteiger partial charge in [0.25, 0.3) is 0 Å². The maximum Gasteiger partial charge on any atom is 0.169 e. The second kappa shape index (κ2) is 9.13. The molecule has 0 amide bonds. The first kappa shape index (κ1) is 18.1. The standard InChI is InChI=1S/C20H27N3OS/c1-2-21-20(25)23(11-10-22-12-14-24-15-13-22)16-18-8-5-7-17-6-3-4-9-19(17)18/h3-9H,2,10-16H2,1H3,(H,21,25). The van der Waals surface area contributed by atoms with Crippen LogP contribution in [0.4, 0.5) is 0 Å². The predicted molar refractivity (Wildman–Crippen MR) is 108 cm³/mol. The van der Waals surface area contributed by atoms with Crippen molar-refractivity contribution in [3.8, 4) is 0 Å². The largest absolute Gasteiger partial charge is 0.379 e. The molecule has 0 aliphatic carbocycles. The Kier molecular flexibility index (Phi) is 6.62. The summed E-state index contributed by atoms with van der Waals surface area (Å²) in [4.78, 5) is 4.74. The van der Waals surface area contributed by atoms with Crippen molar-refractivity contribution in [2.45, 2.75) is 13.5 Å². The average Bonchev–Trinajstić information content (AvgIpc) is 2.66. The van der Waals surface area contributed by atoms with Crippen molar-refractivity contribution >= 4 is 28.1 Å². The van der Waals surface area contributed by atoms with E-state index in [9.17, 15) is 0 Å². The molecule has 1 N–H and O–H groups in total. The number of nitrogens with one attached hydrogen (secondary N) is 1. The molecule has 1 heterocycles. The number of hydrogen-bond acceptors (Lipinski definition) is 3. The highest BCUT2D eigenvalue weighted by molar-refractivity contribution is 7.80. The number of hydrogen-bond donors (Lipinski definition) is 1. The SMILES string of the molecule is CCNC(=S)N(CCN1CCOCC1)Cc1cccc2ccccc12. The van der Waals surface area contributed by atoms with Gasteiger partial charge in [0.1, 0.15) is 0 Å². The van der Waals surface area contributed by atoms with E-state index in [2.05, 4.69) is 64.5 Å². The summed E-state index contributed by atoms with van der Waals surface area (Å²) < 4.78 is 5.44. The van der Waals surface area contributed by atoms with Crippen LogP contribution in [-0.4, -0.2) is 60.8 Å². The molecule has 3 rings (SSSR count). The van der Waals surface area contributed by atoms with E-state index in [1.165, 1.54) is 16.3 Å². The number of nitrogens with zero attached hydrogens (tertiary/aromatic N) is 2. The van der Waals surface area contributed by atoms with Gasteiger partial charge in [-0.3, -0.25) is 4.90 Å². The summed E-state index contributed by atoms with van der Waals surface area (Å²) in [6.07, 6.45) is 0. The summed E-state index contributed by atoms with van der Waals surface area (Å²) in [5, 5.41) is 6.74. The predicted octanol–water partition coefficient (Wildman–Crippen LogP) is 2.87. The van der Waals surface area contributed by atoms with Crippen LogP contribution in [0.2, 0.25) is 0 Å². The summed E-state index contributed by atoms with van der Waals surface area (Å²) in [5.74, 6) is 0. The second-order valence-electron chi connectivity index (χ2n) is 6.35. The third-order valence-corrected chi connectivity index (χ3v) is 5.05. The van der Waals surface area contributed by atoms with E-state index in [1.54, 1.807) is 0 Å². The number of thiocarbonyl (C=S) groups is 1. The van der Waals surface area contributed by atoms with E-state index in [1.807, 2.05) is 0 Å². The Hall–Kier alpha value is -1.69. The van der Waals surface area contributed by atoms with Gasteiger partial charge in [-0.05, 0) is 35.5 Å². The van der Waals surface area contributed by atoms with Crippen molar-refractivity contribution in [1.29, 1.82) is 0 Å². The van der Waals surface area contributed by atoms with Crippen molar-refractivity contribution in [2.24, 2.45) is 0 Å². The fraction of sp³-hybridized carbons (Fsp3) is 0.450. The molecule has 1 aliphatic heterocycles. The van der Waals surface area contributed by atoms with E-state index in [0.29, 0.717) is 0 Å². The molecular formula is C20H27N3OS. The van der Waals surface area contributed by atoms with Crippen LogP contribution in [0.15, 0.2) is 42.5 Å². The van der Waals surface area contributed by atoms with Crippen molar-refractivity contribution in [1.82, 2.24) is 15.1 Å². The average molecular weight is 358 g/mol. The Bertz CT molecular complexity index is 695. The minimum atomic E-state index is 0.831. The summed E-state index contributed by atoms with van der Waals surface area (Å²) in [6.45, 7) is 9.40. The van der Waals surface area contributed by atoms with Gasteiger partial charge < -0.3 is 15.0 Å². The van der Waals surface area contributed by atoms with E-state index in [4.69, 9.17) is 17.0 Å². The number of morpholine rings is 1. The molecule has 0 atom stereocenters.